The molecule has 2 aromatic heterocycles. The zero-order chi connectivity index (χ0) is 26.5. The molecule has 0 atom stereocenters. The number of amides is 2. The minimum Gasteiger partial charge on any atom is -0.477 e. The monoisotopic (exact) mass is 511 g/mol. The SMILES string of the molecule is Cc1[nH]n2c(=O)c(C(=O)NC3CC3)c(O)[n+](CC(C)C)c2c1/C=C/C(=O)N1CCCC12CCN(C)CC2. The van der Waals surface area contributed by atoms with E-state index in [1.165, 1.54) is 4.52 Å². The Morgan fingerprint density at radius 3 is 2.57 bits per heavy atom. The number of carbonyl (C=O) groups excluding carboxylic acids is 2. The summed E-state index contributed by atoms with van der Waals surface area (Å²) in [5, 5.41) is 17.0. The largest absolute Gasteiger partial charge is 0.477 e. The lowest BCUT2D eigenvalue weighted by molar-refractivity contribution is -0.686. The smallest absolute Gasteiger partial charge is 0.378 e. The number of hydrogen-bond donors (Lipinski definition) is 3. The lowest BCUT2D eigenvalue weighted by Gasteiger charge is -2.43. The maximum Gasteiger partial charge on any atom is 0.378 e. The molecule has 3 N–H and O–H groups in total. The molecule has 1 aliphatic carbocycles. The first-order valence-electron chi connectivity index (χ1n) is 13.5. The van der Waals surface area contributed by atoms with Crippen LogP contribution in [0, 0.1) is 12.8 Å². The second-order valence-electron chi connectivity index (χ2n) is 11.5. The van der Waals surface area contributed by atoms with Crippen molar-refractivity contribution in [1.29, 1.82) is 0 Å². The van der Waals surface area contributed by atoms with Gasteiger partial charge in [-0.05, 0) is 64.5 Å². The third-order valence-electron chi connectivity index (χ3n) is 8.15. The number of aromatic hydroxyl groups is 1. The van der Waals surface area contributed by atoms with Crippen LogP contribution in [0.5, 0.6) is 5.88 Å². The average molecular weight is 512 g/mol. The summed E-state index contributed by atoms with van der Waals surface area (Å²) in [6, 6.07) is 0.0545. The molecule has 0 aromatic carbocycles. The Kier molecular flexibility index (Phi) is 6.64. The van der Waals surface area contributed by atoms with Crippen LogP contribution in [0.1, 0.15) is 74.0 Å². The minimum absolute atomic E-state index is 0.0248. The number of hydrogen-bond acceptors (Lipinski definition) is 5. The second kappa shape index (κ2) is 9.63. The summed E-state index contributed by atoms with van der Waals surface area (Å²) in [4.78, 5) is 44.0. The highest BCUT2D eigenvalue weighted by atomic mass is 16.3. The summed E-state index contributed by atoms with van der Waals surface area (Å²) in [7, 11) is 2.12. The number of nitrogens with zero attached hydrogens (tertiary/aromatic N) is 4. The van der Waals surface area contributed by atoms with Gasteiger partial charge in [0.05, 0.1) is 17.8 Å². The molecule has 3 fully saturated rings. The van der Waals surface area contributed by atoms with Gasteiger partial charge in [-0.2, -0.15) is 4.57 Å². The van der Waals surface area contributed by atoms with Crippen LogP contribution in [-0.4, -0.2) is 74.6 Å². The fourth-order valence-electron chi connectivity index (χ4n) is 5.93. The fourth-order valence-corrected chi connectivity index (χ4v) is 5.93. The van der Waals surface area contributed by atoms with Crippen LogP contribution in [0.25, 0.3) is 11.7 Å². The molecule has 2 amide bonds. The molecule has 2 aliphatic heterocycles. The predicted molar refractivity (Wildman–Crippen MR) is 139 cm³/mol. The van der Waals surface area contributed by atoms with Gasteiger partial charge in [0.25, 0.3) is 5.91 Å². The van der Waals surface area contributed by atoms with Crippen molar-refractivity contribution in [3.8, 4) is 5.88 Å². The van der Waals surface area contributed by atoms with Crippen molar-refractivity contribution < 1.29 is 19.3 Å². The molecule has 0 bridgehead atoms. The molecular formula is C27H39N6O4+. The Morgan fingerprint density at radius 2 is 1.92 bits per heavy atom. The average Bonchev–Trinajstić information content (AvgIpc) is 3.46. The topological polar surface area (TPSA) is 114 Å². The van der Waals surface area contributed by atoms with Gasteiger partial charge in [-0.3, -0.25) is 9.59 Å². The number of fused-ring (bicyclic) bond motifs is 1. The van der Waals surface area contributed by atoms with Crippen molar-refractivity contribution in [3.05, 3.63) is 33.3 Å². The van der Waals surface area contributed by atoms with Crippen LogP contribution in [0.15, 0.2) is 10.9 Å². The Morgan fingerprint density at radius 1 is 1.22 bits per heavy atom. The normalized spacial score (nSPS) is 20.1. The third-order valence-corrected chi connectivity index (χ3v) is 8.15. The van der Waals surface area contributed by atoms with Crippen LogP contribution >= 0.6 is 0 Å². The van der Waals surface area contributed by atoms with E-state index in [2.05, 4.69) is 22.4 Å². The van der Waals surface area contributed by atoms with E-state index in [0.29, 0.717) is 23.4 Å². The lowest BCUT2D eigenvalue weighted by Crippen LogP contribution is -2.53. The van der Waals surface area contributed by atoms with Gasteiger partial charge >= 0.3 is 17.1 Å². The van der Waals surface area contributed by atoms with Crippen molar-refractivity contribution in [2.24, 2.45) is 5.92 Å². The van der Waals surface area contributed by atoms with Gasteiger partial charge in [0.1, 0.15) is 0 Å². The van der Waals surface area contributed by atoms with Crippen molar-refractivity contribution >= 4 is 23.5 Å². The maximum absolute atomic E-state index is 13.4. The molecule has 0 unspecified atom stereocenters. The predicted octanol–water partition coefficient (Wildman–Crippen LogP) is 1.58. The molecule has 37 heavy (non-hydrogen) atoms. The van der Waals surface area contributed by atoms with Gasteiger partial charge in [0.2, 0.25) is 11.5 Å². The molecule has 3 aliphatic rings. The summed E-state index contributed by atoms with van der Waals surface area (Å²) in [6.45, 7) is 8.97. The third kappa shape index (κ3) is 4.67. The van der Waals surface area contributed by atoms with E-state index in [4.69, 9.17) is 0 Å². The summed E-state index contributed by atoms with van der Waals surface area (Å²) >= 11 is 0. The van der Waals surface area contributed by atoms with E-state index in [1.54, 1.807) is 16.7 Å². The molecule has 0 radical (unpaired) electrons. The number of aromatic nitrogens is 3. The molecule has 5 rings (SSSR count). The second-order valence-corrected chi connectivity index (χ2v) is 11.5. The van der Waals surface area contributed by atoms with E-state index in [-0.39, 0.29) is 34.8 Å². The number of carbonyl (C=O) groups is 2. The Labute approximate surface area is 216 Å². The standard InChI is InChI=1S/C27H38N6O4/c1-17(2)16-31-24-20(8-9-21(34)32-13-5-10-27(32)11-14-30(4)15-12-27)18(3)29-33(24)26(37)22(25(31)36)23(35)28-19-6-7-19/h8-9,17,19H,5-7,10-16H2,1-4H3,(H2,28,35,36,37)/p+1/b9-8+. The molecule has 4 heterocycles. The van der Waals surface area contributed by atoms with Crippen LogP contribution in [-0.2, 0) is 11.3 Å². The first-order chi connectivity index (χ1) is 17.6. The van der Waals surface area contributed by atoms with Gasteiger partial charge in [0.15, 0.2) is 0 Å². The minimum atomic E-state index is -0.607. The molecular weight excluding hydrogens is 472 g/mol. The molecule has 2 aromatic rings. The van der Waals surface area contributed by atoms with Crippen LogP contribution in [0.3, 0.4) is 0 Å². The first kappa shape index (κ1) is 25.5. The molecule has 200 valence electrons. The van der Waals surface area contributed by atoms with Crippen LogP contribution < -0.4 is 15.4 Å². The summed E-state index contributed by atoms with van der Waals surface area (Å²) in [5.74, 6) is -0.794. The van der Waals surface area contributed by atoms with Gasteiger partial charge in [-0.15, -0.1) is 0 Å². The van der Waals surface area contributed by atoms with Gasteiger partial charge in [0, 0.05) is 37.3 Å². The Bertz CT molecular complexity index is 1310. The number of likely N-dealkylation sites (tertiary alicyclic amines) is 2. The lowest BCUT2D eigenvalue weighted by atomic mass is 9.85. The van der Waals surface area contributed by atoms with E-state index >= 15 is 0 Å². The number of aromatic amines is 1. The van der Waals surface area contributed by atoms with Crippen molar-refractivity contribution in [2.75, 3.05) is 26.7 Å². The quantitative estimate of drug-likeness (QED) is 0.403. The van der Waals surface area contributed by atoms with Crippen LogP contribution in [0.4, 0.5) is 0 Å². The molecule has 2 saturated heterocycles. The first-order valence-corrected chi connectivity index (χ1v) is 13.5. The van der Waals surface area contributed by atoms with Crippen molar-refractivity contribution in [3.63, 3.8) is 0 Å². The zero-order valence-corrected chi connectivity index (χ0v) is 22.3. The Balaban J connectivity index is 1.53. The number of H-pyrrole nitrogens is 1. The maximum atomic E-state index is 13.4. The van der Waals surface area contributed by atoms with E-state index in [1.807, 2.05) is 25.7 Å². The summed E-state index contributed by atoms with van der Waals surface area (Å²) < 4.78 is 2.92. The highest BCUT2D eigenvalue weighted by molar-refractivity contribution is 5.96. The number of aryl methyl sites for hydroxylation is 1. The van der Waals surface area contributed by atoms with Crippen molar-refractivity contribution in [2.45, 2.75) is 77.4 Å². The molecule has 10 heteroatoms. The molecule has 10 nitrogen and oxygen atoms in total. The van der Waals surface area contributed by atoms with Gasteiger partial charge in [-0.1, -0.05) is 18.4 Å². The Hall–Kier alpha value is -3.14. The highest BCUT2D eigenvalue weighted by Gasteiger charge is 2.44. The number of rotatable bonds is 6. The van der Waals surface area contributed by atoms with Gasteiger partial charge < -0.3 is 20.2 Å². The van der Waals surface area contributed by atoms with E-state index < -0.39 is 11.5 Å². The zero-order valence-electron chi connectivity index (χ0n) is 22.3. The highest BCUT2D eigenvalue weighted by Crippen LogP contribution is 2.38. The summed E-state index contributed by atoms with van der Waals surface area (Å²) in [6.07, 6.45) is 9.11. The number of piperidine rings is 1. The molecule has 1 saturated carbocycles. The van der Waals surface area contributed by atoms with E-state index in [0.717, 1.165) is 58.2 Å². The molecule has 1 spiro atoms. The van der Waals surface area contributed by atoms with Crippen molar-refractivity contribution in [1.82, 2.24) is 24.7 Å². The van der Waals surface area contributed by atoms with Gasteiger partial charge in [-0.25, -0.2) is 9.89 Å². The number of nitrogens with one attached hydrogen (secondary N) is 2. The van der Waals surface area contributed by atoms with Crippen LogP contribution in [0.2, 0.25) is 0 Å². The fraction of sp³-hybridized carbons (Fsp3) is 0.630. The summed E-state index contributed by atoms with van der Waals surface area (Å²) in [5.41, 5.74) is 0.819. The van der Waals surface area contributed by atoms with E-state index in [9.17, 15) is 19.5 Å².